The van der Waals surface area contributed by atoms with Gasteiger partial charge in [0.2, 0.25) is 0 Å². The monoisotopic (exact) mass is 1360 g/mol. The molecule has 0 spiro atoms. The zero-order valence-electron chi connectivity index (χ0n) is 61.6. The molecule has 4 heteroatoms. The van der Waals surface area contributed by atoms with E-state index in [9.17, 15) is 0 Å². The quantitative estimate of drug-likeness (QED) is 0.144. The van der Waals surface area contributed by atoms with E-state index >= 15 is 0 Å². The first-order valence-corrected chi connectivity index (χ1v) is 37.5. The maximum absolute atomic E-state index is 7.31. The van der Waals surface area contributed by atoms with Crippen molar-refractivity contribution in [1.29, 1.82) is 0 Å². The Morgan fingerprint density at radius 3 is 0.972 bits per heavy atom. The first kappa shape index (κ1) is 63.4. The molecule has 2 aliphatic carbocycles. The lowest BCUT2D eigenvalue weighted by atomic mass is 9.39. The van der Waals surface area contributed by atoms with Gasteiger partial charge < -0.3 is 18.6 Å². The Balaban J connectivity index is 0.995. The smallest absolute Gasteiger partial charge is 0.159 e. The molecule has 18 aromatic rings. The summed E-state index contributed by atoms with van der Waals surface area (Å²) in [4.78, 5) is 5.17. The molecule has 2 aromatic heterocycles. The van der Waals surface area contributed by atoms with Crippen LogP contribution in [0.25, 0.3) is 131 Å². The molecule has 0 fully saturated rings. The van der Waals surface area contributed by atoms with Crippen LogP contribution in [-0.4, -0.2) is 0 Å². The third kappa shape index (κ3) is 8.58. The van der Waals surface area contributed by atoms with Crippen LogP contribution in [-0.2, 0) is 10.8 Å². The minimum Gasteiger partial charge on any atom is -0.454 e. The number of aryl methyl sites for hydroxylation is 2. The van der Waals surface area contributed by atoms with Gasteiger partial charge in [-0.15, -0.1) is 0 Å². The second-order valence-corrected chi connectivity index (χ2v) is 31.9. The summed E-state index contributed by atoms with van der Waals surface area (Å²) >= 11 is 0. The predicted octanol–water partition coefficient (Wildman–Crippen LogP) is 28.9. The van der Waals surface area contributed by atoms with E-state index < -0.39 is 21.7 Å². The Labute approximate surface area is 619 Å². The molecule has 4 nitrogen and oxygen atoms in total. The van der Waals surface area contributed by atoms with Crippen LogP contribution in [0.4, 0.5) is 34.1 Å². The number of furan rings is 2. The van der Waals surface area contributed by atoms with Gasteiger partial charge in [0.1, 0.15) is 11.2 Å². The van der Waals surface area contributed by atoms with Crippen molar-refractivity contribution in [3.63, 3.8) is 0 Å². The minimum atomic E-state index is -0.919. The van der Waals surface area contributed by atoms with Crippen molar-refractivity contribution in [3.8, 4) is 44.5 Å². The SMILES string of the molecule is Cc1cccc(-c2ccccc2N(c2cc3c(c4ccccc24)-c2c(ccc4ccccc24)C3(C(C)(C)C)C2(C(C)(C)C)c3ccc4ccccc4c3-c3c2cc(N(c2ccccc2-c2cccc(C)c2C)c2cccc4c2oc2ccccc24)c2ccccc32)c2cccc3c2oc2ccccc23)c1C. The van der Waals surface area contributed by atoms with Gasteiger partial charge in [-0.05, 0) is 197 Å². The number of hydrogen-bond acceptors (Lipinski definition) is 4. The minimum absolute atomic E-state index is 0.589. The molecule has 0 bridgehead atoms. The van der Waals surface area contributed by atoms with Crippen LogP contribution in [0.2, 0.25) is 0 Å². The summed E-state index contributed by atoms with van der Waals surface area (Å²) in [5.41, 5.74) is 26.5. The zero-order chi connectivity index (χ0) is 71.9. The Kier molecular flexibility index (Phi) is 13.8. The Hall–Kier alpha value is -12.2. The summed E-state index contributed by atoms with van der Waals surface area (Å²) in [5, 5.41) is 13.9. The van der Waals surface area contributed by atoms with Crippen LogP contribution in [0.3, 0.4) is 0 Å². The van der Waals surface area contributed by atoms with Gasteiger partial charge in [-0.3, -0.25) is 0 Å². The van der Waals surface area contributed by atoms with Crippen molar-refractivity contribution in [2.45, 2.75) is 80.1 Å². The Bertz CT molecular complexity index is 6360. The van der Waals surface area contributed by atoms with Gasteiger partial charge in [0.15, 0.2) is 11.2 Å². The van der Waals surface area contributed by atoms with E-state index in [1.165, 1.54) is 110 Å². The lowest BCUT2D eigenvalue weighted by Crippen LogP contribution is -2.62. The van der Waals surface area contributed by atoms with E-state index in [1.54, 1.807) is 0 Å². The van der Waals surface area contributed by atoms with Crippen LogP contribution >= 0.6 is 0 Å². The average molecular weight is 1370 g/mol. The highest BCUT2D eigenvalue weighted by molar-refractivity contribution is 6.21. The molecule has 0 N–H and O–H groups in total. The highest BCUT2D eigenvalue weighted by Crippen LogP contribution is 2.77. The summed E-state index contributed by atoms with van der Waals surface area (Å²) in [7, 11) is 0. The molecule has 106 heavy (non-hydrogen) atoms. The van der Waals surface area contributed by atoms with Crippen LogP contribution < -0.4 is 9.80 Å². The summed E-state index contributed by atoms with van der Waals surface area (Å²) < 4.78 is 14.6. The molecule has 0 radical (unpaired) electrons. The Morgan fingerprint density at radius 2 is 0.557 bits per heavy atom. The highest BCUT2D eigenvalue weighted by Gasteiger charge is 2.71. The van der Waals surface area contributed by atoms with E-state index in [4.69, 9.17) is 8.83 Å². The lowest BCUT2D eigenvalue weighted by Gasteiger charge is -2.62. The molecule has 0 saturated heterocycles. The number of fused-ring (bicyclic) bond motifs is 20. The molecule has 20 rings (SSSR count). The molecular weight excluding hydrogens is 1290 g/mol. The van der Waals surface area contributed by atoms with Crippen LogP contribution in [0.1, 0.15) is 86.1 Å². The van der Waals surface area contributed by atoms with Crippen LogP contribution in [0, 0.1) is 38.5 Å². The fourth-order valence-corrected chi connectivity index (χ4v) is 20.2. The number of rotatable bonds is 9. The zero-order valence-corrected chi connectivity index (χ0v) is 61.6. The number of para-hydroxylation sites is 6. The third-order valence-corrected chi connectivity index (χ3v) is 24.6. The van der Waals surface area contributed by atoms with E-state index in [-0.39, 0.29) is 0 Å². The number of benzene rings is 16. The molecule has 16 aromatic carbocycles. The largest absolute Gasteiger partial charge is 0.454 e. The van der Waals surface area contributed by atoms with Gasteiger partial charge in [-0.1, -0.05) is 296 Å². The van der Waals surface area contributed by atoms with Crippen molar-refractivity contribution in [2.24, 2.45) is 10.8 Å². The molecule has 2 heterocycles. The van der Waals surface area contributed by atoms with Gasteiger partial charge in [-0.2, -0.15) is 0 Å². The van der Waals surface area contributed by atoms with Gasteiger partial charge in [0, 0.05) is 54.3 Å². The van der Waals surface area contributed by atoms with Gasteiger partial charge >= 0.3 is 0 Å². The van der Waals surface area contributed by atoms with Gasteiger partial charge in [0.05, 0.1) is 34.1 Å². The Morgan fingerprint density at radius 1 is 0.245 bits per heavy atom. The topological polar surface area (TPSA) is 32.8 Å². The molecule has 510 valence electrons. The number of anilines is 6. The summed E-state index contributed by atoms with van der Waals surface area (Å²) in [6.45, 7) is 24.5. The fraction of sp³-hybridized carbons (Fsp3) is 0.137. The molecule has 2 aliphatic rings. The maximum Gasteiger partial charge on any atom is 0.159 e. The summed E-state index contributed by atoms with van der Waals surface area (Å²) in [5.74, 6) is 0. The van der Waals surface area contributed by atoms with Crippen molar-refractivity contribution in [1.82, 2.24) is 0 Å². The van der Waals surface area contributed by atoms with Crippen molar-refractivity contribution in [3.05, 3.63) is 348 Å². The summed E-state index contributed by atoms with van der Waals surface area (Å²) in [6, 6.07) is 115. The van der Waals surface area contributed by atoms with E-state index in [0.717, 1.165) is 99.9 Å². The normalized spacial score (nSPS) is 15.5. The van der Waals surface area contributed by atoms with E-state index in [2.05, 4.69) is 382 Å². The molecule has 2 unspecified atom stereocenters. The van der Waals surface area contributed by atoms with Gasteiger partial charge in [-0.25, -0.2) is 0 Å². The predicted molar refractivity (Wildman–Crippen MR) is 448 cm³/mol. The first-order chi connectivity index (χ1) is 51.6. The van der Waals surface area contributed by atoms with Crippen molar-refractivity contribution >= 4 is 121 Å². The fourth-order valence-electron chi connectivity index (χ4n) is 20.2. The van der Waals surface area contributed by atoms with Crippen molar-refractivity contribution < 1.29 is 8.83 Å². The second kappa shape index (κ2) is 23.1. The molecule has 0 amide bonds. The highest BCUT2D eigenvalue weighted by atomic mass is 16.3. The van der Waals surface area contributed by atoms with Gasteiger partial charge in [0.25, 0.3) is 0 Å². The van der Waals surface area contributed by atoms with Crippen molar-refractivity contribution in [2.75, 3.05) is 9.80 Å². The third-order valence-electron chi connectivity index (χ3n) is 24.6. The van der Waals surface area contributed by atoms with E-state index in [0.29, 0.717) is 0 Å². The number of hydrogen-bond donors (Lipinski definition) is 0. The lowest BCUT2D eigenvalue weighted by molar-refractivity contribution is 0.0596. The molecule has 2 atom stereocenters. The van der Waals surface area contributed by atoms with Crippen LogP contribution in [0.15, 0.2) is 312 Å². The standard InChI is InChI=1S/C102H80N2O2/c1-61-31-27-45-67(63(61)3)71-37-19-23-49-85(71)103(87-51-29-47-79-75-41-21-25-53-91(75)105-97(79)87)89-59-83-95(77-43-17-15-39-73(77)89)93-69-35-13-11-33-65(69)55-57-81(93)101(83,99(5,6)7)102(100(8,9)10)82-58-56-66-34-12-14-36-70(66)94(82)96-78-44-18-16-40-74(78)90(60-84(96)102)104(86-50-24-20-38-72(86)68-46-28-32-62(2)64(68)4)88-52-30-48-80-76-42-22-26-54-92(76)106-98(80)88/h11-60H,1-10H3. The maximum atomic E-state index is 7.31. The summed E-state index contributed by atoms with van der Waals surface area (Å²) in [6.07, 6.45) is 0. The van der Waals surface area contributed by atoms with E-state index in [1.807, 2.05) is 0 Å². The molecular formula is C102H80N2O2. The van der Waals surface area contributed by atoms with Crippen LogP contribution in [0.5, 0.6) is 0 Å². The number of nitrogens with zero attached hydrogens (tertiary/aromatic N) is 2. The average Bonchev–Trinajstić information content (AvgIpc) is 1.45. The second-order valence-electron chi connectivity index (χ2n) is 31.9. The molecule has 0 saturated carbocycles. The molecule has 0 aliphatic heterocycles. The first-order valence-electron chi connectivity index (χ1n) is 37.5.